The Morgan fingerprint density at radius 3 is 2.50 bits per heavy atom. The summed E-state index contributed by atoms with van der Waals surface area (Å²) >= 11 is 0. The van der Waals surface area contributed by atoms with E-state index in [-0.39, 0.29) is 11.7 Å². The van der Waals surface area contributed by atoms with E-state index in [9.17, 15) is 9.59 Å². The van der Waals surface area contributed by atoms with Crippen LogP contribution in [0.25, 0.3) is 22.4 Å². The van der Waals surface area contributed by atoms with Crippen molar-refractivity contribution in [2.45, 2.75) is 0 Å². The van der Waals surface area contributed by atoms with Gasteiger partial charge in [-0.15, -0.1) is 0 Å². The van der Waals surface area contributed by atoms with Crippen LogP contribution in [0, 0.1) is 0 Å². The highest BCUT2D eigenvalue weighted by molar-refractivity contribution is 6.03. The maximum atomic E-state index is 12.3. The van der Waals surface area contributed by atoms with Gasteiger partial charge in [0.05, 0.1) is 22.2 Å². The summed E-state index contributed by atoms with van der Waals surface area (Å²) in [5.41, 5.74) is 0.958. The van der Waals surface area contributed by atoms with Crippen LogP contribution in [0.15, 0.2) is 76.2 Å². The summed E-state index contributed by atoms with van der Waals surface area (Å²) in [6.45, 7) is 0. The molecule has 1 amide bonds. The molecule has 0 spiro atoms. The zero-order valence-corrected chi connectivity index (χ0v) is 13.4. The molecule has 0 aliphatic carbocycles. The second-order valence-corrected chi connectivity index (χ2v) is 5.40. The number of benzene rings is 2. The van der Waals surface area contributed by atoms with Crippen molar-refractivity contribution < 1.29 is 9.21 Å². The molecule has 0 radical (unpaired) electrons. The zero-order valence-electron chi connectivity index (χ0n) is 13.4. The minimum absolute atomic E-state index is 0.0372. The van der Waals surface area contributed by atoms with Gasteiger partial charge >= 0.3 is 5.63 Å². The van der Waals surface area contributed by atoms with Gasteiger partial charge in [-0.25, -0.2) is 19.7 Å². The average Bonchev–Trinajstić information content (AvgIpc) is 2.69. The summed E-state index contributed by atoms with van der Waals surface area (Å²) in [5.74, 6) is -0.310. The molecule has 4 rings (SSSR count). The lowest BCUT2D eigenvalue weighted by atomic mass is 10.1. The number of nitrogens with zero attached hydrogens (tertiary/aromatic N) is 3. The molecule has 1 N–H and O–H groups in total. The Morgan fingerprint density at radius 1 is 0.923 bits per heavy atom. The summed E-state index contributed by atoms with van der Waals surface area (Å²) in [6.07, 6.45) is 2.97. The third kappa shape index (κ3) is 2.93. The summed E-state index contributed by atoms with van der Waals surface area (Å²) in [6, 6.07) is 15.5. The van der Waals surface area contributed by atoms with Gasteiger partial charge in [0.25, 0.3) is 5.91 Å². The highest BCUT2D eigenvalue weighted by atomic mass is 16.4. The molecule has 126 valence electrons. The van der Waals surface area contributed by atoms with Crippen molar-refractivity contribution in [2.75, 3.05) is 5.32 Å². The van der Waals surface area contributed by atoms with E-state index in [2.05, 4.69) is 20.3 Å². The van der Waals surface area contributed by atoms with Crippen LogP contribution in [-0.2, 0) is 0 Å². The monoisotopic (exact) mass is 344 g/mol. The van der Waals surface area contributed by atoms with Gasteiger partial charge in [0.1, 0.15) is 0 Å². The molecule has 4 aromatic rings. The molecule has 0 fully saturated rings. The summed E-state index contributed by atoms with van der Waals surface area (Å²) in [7, 11) is 0. The first-order valence-electron chi connectivity index (χ1n) is 7.80. The van der Waals surface area contributed by atoms with Crippen LogP contribution >= 0.6 is 0 Å². The molecule has 7 heteroatoms. The number of carbonyl (C=O) groups excluding carboxylic acids is 1. The standard InChI is InChI=1S/C19H12N4O3/c24-17(16-20-10-5-11-21-16)22-14-8-3-1-6-12(14)18-23-15-9-4-2-7-13(15)19(25)26-18/h1-11H,(H,22,24). The quantitative estimate of drug-likeness (QED) is 0.614. The fourth-order valence-corrected chi connectivity index (χ4v) is 2.51. The molecular weight excluding hydrogens is 332 g/mol. The van der Waals surface area contributed by atoms with E-state index < -0.39 is 11.5 Å². The van der Waals surface area contributed by atoms with Crippen LogP contribution in [0.5, 0.6) is 0 Å². The van der Waals surface area contributed by atoms with E-state index in [0.717, 1.165) is 0 Å². The largest absolute Gasteiger partial charge is 0.403 e. The van der Waals surface area contributed by atoms with E-state index in [1.165, 1.54) is 12.4 Å². The van der Waals surface area contributed by atoms with Crippen LogP contribution < -0.4 is 10.9 Å². The maximum Gasteiger partial charge on any atom is 0.347 e. The van der Waals surface area contributed by atoms with Crippen molar-refractivity contribution in [2.24, 2.45) is 0 Å². The Morgan fingerprint density at radius 2 is 1.65 bits per heavy atom. The number of hydrogen-bond acceptors (Lipinski definition) is 6. The first-order valence-corrected chi connectivity index (χ1v) is 7.80. The van der Waals surface area contributed by atoms with Crippen LogP contribution in [0.2, 0.25) is 0 Å². The molecule has 2 aromatic carbocycles. The van der Waals surface area contributed by atoms with Crippen LogP contribution in [-0.4, -0.2) is 20.9 Å². The van der Waals surface area contributed by atoms with Gasteiger partial charge in [-0.1, -0.05) is 24.3 Å². The van der Waals surface area contributed by atoms with E-state index in [1.807, 2.05) is 0 Å². The highest BCUT2D eigenvalue weighted by Gasteiger charge is 2.15. The molecule has 0 unspecified atom stereocenters. The Labute approximate surface area is 147 Å². The Bertz CT molecular complexity index is 1160. The minimum atomic E-state index is -0.488. The van der Waals surface area contributed by atoms with Crippen molar-refractivity contribution in [3.63, 3.8) is 0 Å². The van der Waals surface area contributed by atoms with Gasteiger partial charge in [0, 0.05) is 12.4 Å². The molecule has 0 aliphatic heterocycles. The van der Waals surface area contributed by atoms with Crippen molar-refractivity contribution in [1.29, 1.82) is 0 Å². The summed E-state index contributed by atoms with van der Waals surface area (Å²) < 4.78 is 5.36. The Kier molecular flexibility index (Phi) is 3.95. The number of rotatable bonds is 3. The van der Waals surface area contributed by atoms with Crippen LogP contribution in [0.3, 0.4) is 0 Å². The van der Waals surface area contributed by atoms with Gasteiger partial charge < -0.3 is 9.73 Å². The van der Waals surface area contributed by atoms with Crippen LogP contribution in [0.4, 0.5) is 5.69 Å². The SMILES string of the molecule is O=C(Nc1ccccc1-c1nc2ccccc2c(=O)o1)c1ncccn1. The number of aromatic nitrogens is 3. The second-order valence-electron chi connectivity index (χ2n) is 5.40. The molecule has 26 heavy (non-hydrogen) atoms. The number of para-hydroxylation sites is 2. The number of carbonyl (C=O) groups is 1. The number of amides is 1. The van der Waals surface area contributed by atoms with Crippen molar-refractivity contribution in [3.8, 4) is 11.5 Å². The molecule has 0 saturated heterocycles. The summed E-state index contributed by atoms with van der Waals surface area (Å²) in [4.78, 5) is 36.8. The maximum absolute atomic E-state index is 12.3. The van der Waals surface area contributed by atoms with Crippen molar-refractivity contribution >= 4 is 22.5 Å². The normalized spacial score (nSPS) is 10.6. The predicted molar refractivity (Wildman–Crippen MR) is 95.7 cm³/mol. The zero-order chi connectivity index (χ0) is 17.9. The fourth-order valence-electron chi connectivity index (χ4n) is 2.51. The third-order valence-electron chi connectivity index (χ3n) is 3.71. The second kappa shape index (κ2) is 6.56. The fraction of sp³-hybridized carbons (Fsp3) is 0. The van der Waals surface area contributed by atoms with E-state index in [4.69, 9.17) is 4.42 Å². The highest BCUT2D eigenvalue weighted by Crippen LogP contribution is 2.27. The van der Waals surface area contributed by atoms with Gasteiger partial charge in [0.15, 0.2) is 0 Å². The predicted octanol–water partition coefficient (Wildman–Crippen LogP) is 2.90. The molecule has 0 aliphatic rings. The number of hydrogen-bond donors (Lipinski definition) is 1. The first kappa shape index (κ1) is 15.6. The molecular formula is C19H12N4O3. The van der Waals surface area contributed by atoms with Crippen molar-refractivity contribution in [3.05, 3.63) is 83.2 Å². The average molecular weight is 344 g/mol. The van der Waals surface area contributed by atoms with Gasteiger partial charge in [0.2, 0.25) is 11.7 Å². The number of anilines is 1. The molecule has 2 heterocycles. The Hall–Kier alpha value is -3.87. The molecule has 0 saturated carbocycles. The smallest absolute Gasteiger partial charge is 0.347 e. The van der Waals surface area contributed by atoms with Crippen LogP contribution in [0.1, 0.15) is 10.6 Å². The summed E-state index contributed by atoms with van der Waals surface area (Å²) in [5, 5.41) is 3.13. The lowest BCUT2D eigenvalue weighted by Gasteiger charge is -2.09. The van der Waals surface area contributed by atoms with E-state index in [1.54, 1.807) is 54.6 Å². The first-order chi connectivity index (χ1) is 12.7. The molecule has 0 atom stereocenters. The van der Waals surface area contributed by atoms with Gasteiger partial charge in [-0.3, -0.25) is 4.79 Å². The molecule has 2 aromatic heterocycles. The molecule has 0 bridgehead atoms. The lowest BCUT2D eigenvalue weighted by Crippen LogP contribution is -2.16. The van der Waals surface area contributed by atoms with Gasteiger partial charge in [-0.2, -0.15) is 0 Å². The minimum Gasteiger partial charge on any atom is -0.403 e. The Balaban J connectivity index is 1.77. The van der Waals surface area contributed by atoms with Crippen molar-refractivity contribution in [1.82, 2.24) is 15.0 Å². The third-order valence-corrected chi connectivity index (χ3v) is 3.71. The molecule has 7 nitrogen and oxygen atoms in total. The number of nitrogens with one attached hydrogen (secondary N) is 1. The van der Waals surface area contributed by atoms with E-state index in [0.29, 0.717) is 22.2 Å². The van der Waals surface area contributed by atoms with E-state index >= 15 is 0 Å². The van der Waals surface area contributed by atoms with Gasteiger partial charge in [-0.05, 0) is 30.3 Å². The number of fused-ring (bicyclic) bond motifs is 1. The topological polar surface area (TPSA) is 98.0 Å². The lowest BCUT2D eigenvalue weighted by molar-refractivity contribution is 0.101.